The Morgan fingerprint density at radius 3 is 1.00 bits per heavy atom. The summed E-state index contributed by atoms with van der Waals surface area (Å²) in [5.74, 6) is 0. The Kier molecular flexibility index (Phi) is 58.0. The quantitative estimate of drug-likeness (QED) is 0.377. The van der Waals surface area contributed by atoms with E-state index in [0.29, 0.717) is 0 Å². The van der Waals surface area contributed by atoms with Crippen LogP contribution in [0.15, 0.2) is 0 Å². The third kappa shape index (κ3) is 96.1. The average molecular weight is 421 g/mol. The van der Waals surface area contributed by atoms with Gasteiger partial charge in [0, 0.05) is 0 Å². The fraction of sp³-hybridized carbons (Fsp3) is 0. The van der Waals surface area contributed by atoms with Crippen molar-refractivity contribution in [2.75, 3.05) is 0 Å². The van der Waals surface area contributed by atoms with Crippen molar-refractivity contribution in [3.05, 3.63) is 0 Å². The van der Waals surface area contributed by atoms with Crippen molar-refractivity contribution in [1.29, 1.82) is 0 Å². The van der Waals surface area contributed by atoms with E-state index in [1.54, 1.807) is 0 Å². The molecule has 38 valence electrons. The molecule has 0 fully saturated rings. The zero-order valence-electron chi connectivity index (χ0n) is 3.03. The first-order valence-electron chi connectivity index (χ1n) is 0.730. The van der Waals surface area contributed by atoms with Crippen LogP contribution < -0.4 is 8.19 Å². The van der Waals surface area contributed by atoms with Gasteiger partial charge in [-0.3, -0.25) is 0 Å². The van der Waals surface area contributed by atoms with Crippen LogP contribution in [0.4, 0.5) is 0 Å². The molecule has 7 heavy (non-hydrogen) atoms. The van der Waals surface area contributed by atoms with Crippen LogP contribution in [-0.4, -0.2) is 59.4 Å². The molecule has 0 aliphatic carbocycles. The first-order chi connectivity index (χ1) is 2.83. The summed E-state index contributed by atoms with van der Waals surface area (Å²) in [6, 6.07) is 0. The number of hydrogen-bond acceptors (Lipinski definition) is 4. The van der Waals surface area contributed by atoms with E-state index in [1.807, 2.05) is 0 Å². The normalized spacial score (nSPS) is 6.00. The van der Waals surface area contributed by atoms with Gasteiger partial charge in [0.2, 0.25) is 0 Å². The SMILES string of the molecule is O=[As][O-].O=[As][O-].[Pb+2]. The summed E-state index contributed by atoms with van der Waals surface area (Å²) in [6.07, 6.45) is 0. The molecule has 0 spiro atoms. The molecule has 0 aliphatic heterocycles. The Morgan fingerprint density at radius 1 is 1.00 bits per heavy atom. The van der Waals surface area contributed by atoms with Crippen molar-refractivity contribution < 1.29 is 15.7 Å². The van der Waals surface area contributed by atoms with Crippen molar-refractivity contribution in [2.24, 2.45) is 0 Å². The van der Waals surface area contributed by atoms with Gasteiger partial charge in [-0.05, 0) is 0 Å². The molecule has 0 atom stereocenters. The van der Waals surface area contributed by atoms with E-state index in [1.165, 1.54) is 0 Å². The largest absolute Gasteiger partial charge is 2.00 e. The maximum atomic E-state index is 8.47. The fourth-order valence-electron chi connectivity index (χ4n) is 0. The summed E-state index contributed by atoms with van der Waals surface area (Å²) in [6.45, 7) is 0. The Balaban J connectivity index is -0.0000000400. The summed E-state index contributed by atoms with van der Waals surface area (Å²) >= 11 is -3.62. The average Bonchev–Trinajstić information content (AvgIpc) is 1.39. The summed E-state index contributed by atoms with van der Waals surface area (Å²) in [5.41, 5.74) is 0. The van der Waals surface area contributed by atoms with Gasteiger partial charge in [-0.15, -0.1) is 0 Å². The third-order valence-corrected chi connectivity index (χ3v) is 0. The summed E-state index contributed by atoms with van der Waals surface area (Å²) in [4.78, 5) is 0. The van der Waals surface area contributed by atoms with Crippen molar-refractivity contribution in [3.63, 3.8) is 0 Å². The molecule has 0 aliphatic rings. The first-order valence-corrected chi connectivity index (χ1v) is 3.79. The van der Waals surface area contributed by atoms with Gasteiger partial charge in [0.15, 0.2) is 0 Å². The minimum Gasteiger partial charge on any atom is 2.00 e. The molecule has 0 N–H and O–H groups in total. The topological polar surface area (TPSA) is 80.3 Å². The molecule has 0 saturated carbocycles. The second-order valence-corrected chi connectivity index (χ2v) is 0.775. The van der Waals surface area contributed by atoms with E-state index >= 15 is 0 Å². The van der Waals surface area contributed by atoms with Crippen LogP contribution in [0.5, 0.6) is 0 Å². The first kappa shape index (κ1) is 15.8. The second kappa shape index (κ2) is 25.7. The van der Waals surface area contributed by atoms with E-state index in [2.05, 4.69) is 0 Å². The number of hydrogen-bond donors (Lipinski definition) is 0. The summed E-state index contributed by atoms with van der Waals surface area (Å²) in [5, 5.41) is 0. The van der Waals surface area contributed by atoms with Crippen LogP contribution in [0.25, 0.3) is 0 Å². The zero-order valence-corrected chi connectivity index (χ0v) is 10.7. The maximum absolute atomic E-state index is 8.47. The van der Waals surface area contributed by atoms with Gasteiger partial charge in [0.25, 0.3) is 0 Å². The van der Waals surface area contributed by atoms with Crippen LogP contribution in [0, 0.1) is 0 Å². The van der Waals surface area contributed by atoms with Crippen LogP contribution in [-0.2, 0) is 7.48 Å². The van der Waals surface area contributed by atoms with Crippen LogP contribution in [0.2, 0.25) is 0 Å². The molecule has 0 saturated heterocycles. The molecule has 0 rings (SSSR count). The van der Waals surface area contributed by atoms with Gasteiger partial charge in [0.1, 0.15) is 0 Å². The molecule has 0 bridgehead atoms. The molecule has 0 unspecified atom stereocenters. The fourth-order valence-corrected chi connectivity index (χ4v) is 0. The molecule has 2 radical (unpaired) electrons. The van der Waals surface area contributed by atoms with Gasteiger partial charge in [-0.25, -0.2) is 0 Å². The van der Waals surface area contributed by atoms with Crippen LogP contribution in [0.3, 0.4) is 0 Å². The molecule has 0 amide bonds. The summed E-state index contributed by atoms with van der Waals surface area (Å²) in [7, 11) is 0. The Hall–Kier alpha value is 1.56. The van der Waals surface area contributed by atoms with Gasteiger partial charge in [-0.1, -0.05) is 0 Å². The molecule has 0 aromatic heterocycles. The second-order valence-electron chi connectivity index (χ2n) is 0.149. The van der Waals surface area contributed by atoms with Gasteiger partial charge in [-0.2, -0.15) is 0 Å². The predicted molar refractivity (Wildman–Crippen MR) is 18.6 cm³/mol. The molecule has 0 aromatic rings. The van der Waals surface area contributed by atoms with E-state index in [0.717, 1.165) is 0 Å². The van der Waals surface area contributed by atoms with Gasteiger partial charge < -0.3 is 0 Å². The Morgan fingerprint density at radius 2 is 1.00 bits per heavy atom. The molecule has 7 heteroatoms. The Bertz CT molecular complexity index is 30.7. The smallest absolute Gasteiger partial charge is 2.00 e. The van der Waals surface area contributed by atoms with Crippen molar-refractivity contribution >= 4 is 59.4 Å². The summed E-state index contributed by atoms with van der Waals surface area (Å²) < 4.78 is 33.9. The van der Waals surface area contributed by atoms with Crippen molar-refractivity contribution in [1.82, 2.24) is 0 Å². The van der Waals surface area contributed by atoms with Crippen molar-refractivity contribution in [2.45, 2.75) is 0 Å². The van der Waals surface area contributed by atoms with E-state index in [-0.39, 0.29) is 27.3 Å². The van der Waals surface area contributed by atoms with Crippen LogP contribution in [0.1, 0.15) is 0 Å². The Labute approximate surface area is 74.4 Å². The minimum atomic E-state index is -1.81. The number of rotatable bonds is 0. The molecular weight excluding hydrogens is 421 g/mol. The minimum absolute atomic E-state index is 0. The predicted octanol–water partition coefficient (Wildman–Crippen LogP) is -3.76. The van der Waals surface area contributed by atoms with E-state index in [4.69, 9.17) is 15.7 Å². The third-order valence-electron chi connectivity index (χ3n) is 0. The van der Waals surface area contributed by atoms with Gasteiger partial charge in [0.05, 0.1) is 0 Å². The standard InChI is InChI=1S/2AsHO2.Pb/c2*2-1-3;/h2*(H,2,3);/q;;+2/p-2. The van der Waals surface area contributed by atoms with Crippen molar-refractivity contribution in [3.8, 4) is 0 Å². The van der Waals surface area contributed by atoms with E-state index < -0.39 is 32.1 Å². The monoisotopic (exact) mass is 422 g/mol. The molecule has 0 aromatic carbocycles. The molecule has 0 heterocycles. The zero-order chi connectivity index (χ0) is 5.41. The molecule has 4 nitrogen and oxygen atoms in total. The maximum Gasteiger partial charge on any atom is 2.00 e. The van der Waals surface area contributed by atoms with Gasteiger partial charge >= 0.3 is 75.0 Å². The van der Waals surface area contributed by atoms with E-state index in [9.17, 15) is 0 Å². The van der Waals surface area contributed by atoms with Crippen LogP contribution >= 0.6 is 0 Å². The molecular formula is As2O4Pb.